The van der Waals surface area contributed by atoms with Crippen molar-refractivity contribution in [3.05, 3.63) is 24.4 Å². The summed E-state index contributed by atoms with van der Waals surface area (Å²) in [7, 11) is 3.68. The Morgan fingerprint density at radius 2 is 2.00 bits per heavy atom. The van der Waals surface area contributed by atoms with E-state index < -0.39 is 5.41 Å². The Morgan fingerprint density at radius 3 is 2.69 bits per heavy atom. The van der Waals surface area contributed by atoms with Crippen LogP contribution in [0.2, 0.25) is 0 Å². The average molecular weight is 401 g/mol. The van der Waals surface area contributed by atoms with Gasteiger partial charge < -0.3 is 19.4 Å². The molecule has 3 aliphatic heterocycles. The summed E-state index contributed by atoms with van der Waals surface area (Å²) in [6.45, 7) is 4.17. The van der Waals surface area contributed by atoms with Gasteiger partial charge in [0.2, 0.25) is 11.8 Å². The van der Waals surface area contributed by atoms with Gasteiger partial charge in [-0.3, -0.25) is 9.59 Å². The van der Waals surface area contributed by atoms with E-state index >= 15 is 0 Å². The Bertz CT molecular complexity index is 735. The van der Waals surface area contributed by atoms with Gasteiger partial charge in [-0.15, -0.1) is 0 Å². The number of likely N-dealkylation sites (tertiary alicyclic amines) is 1. The maximum Gasteiger partial charge on any atom is 0.230 e. The average Bonchev–Trinajstić information content (AvgIpc) is 3.02. The molecule has 1 aromatic heterocycles. The molecule has 7 heteroatoms. The lowest BCUT2D eigenvalue weighted by atomic mass is 9.74. The first kappa shape index (κ1) is 20.1. The van der Waals surface area contributed by atoms with Gasteiger partial charge in [-0.2, -0.15) is 0 Å². The van der Waals surface area contributed by atoms with E-state index in [4.69, 9.17) is 4.74 Å². The van der Waals surface area contributed by atoms with Crippen LogP contribution in [-0.4, -0.2) is 80.1 Å². The zero-order valence-corrected chi connectivity index (χ0v) is 17.5. The van der Waals surface area contributed by atoms with Crippen molar-refractivity contribution < 1.29 is 14.3 Å². The fourth-order valence-electron chi connectivity index (χ4n) is 5.35. The van der Waals surface area contributed by atoms with Gasteiger partial charge in [0.25, 0.3) is 0 Å². The normalized spacial score (nSPS) is 28.0. The molecule has 0 bridgehead atoms. The Hall–Kier alpha value is -2.15. The van der Waals surface area contributed by atoms with E-state index in [0.717, 1.165) is 44.6 Å². The summed E-state index contributed by atoms with van der Waals surface area (Å²) in [5, 5.41) is 0. The summed E-state index contributed by atoms with van der Waals surface area (Å²) in [6.07, 6.45) is 5.09. The standard InChI is InChI=1S/C22H32N4O3/c1-24(2)21(28)22-9-5-11-25(20(27)17-7-12-29-13-8-17)14-18(22)15-26(16-22)19-6-3-4-10-23-19/h3-4,6,10,17-18H,5,7-9,11-16H2,1-2H3/t18-,22-/m1/s1. The molecule has 0 spiro atoms. The molecule has 0 N–H and O–H groups in total. The molecule has 1 aromatic rings. The molecular formula is C22H32N4O3. The highest BCUT2D eigenvalue weighted by Crippen LogP contribution is 2.45. The predicted molar refractivity (Wildman–Crippen MR) is 110 cm³/mol. The first-order valence-electron chi connectivity index (χ1n) is 10.8. The molecule has 3 aliphatic rings. The van der Waals surface area contributed by atoms with Gasteiger partial charge >= 0.3 is 0 Å². The van der Waals surface area contributed by atoms with Gasteiger partial charge in [0, 0.05) is 71.5 Å². The second kappa shape index (κ2) is 8.30. The zero-order chi connectivity index (χ0) is 20.4. The van der Waals surface area contributed by atoms with E-state index in [1.54, 1.807) is 11.1 Å². The third-order valence-corrected chi connectivity index (χ3v) is 6.87. The second-order valence-electron chi connectivity index (χ2n) is 8.90. The number of fused-ring (bicyclic) bond motifs is 1. The number of pyridine rings is 1. The smallest absolute Gasteiger partial charge is 0.230 e. The van der Waals surface area contributed by atoms with Crippen LogP contribution >= 0.6 is 0 Å². The van der Waals surface area contributed by atoms with Crippen molar-refractivity contribution in [2.45, 2.75) is 25.7 Å². The van der Waals surface area contributed by atoms with Crippen molar-refractivity contribution in [2.24, 2.45) is 17.3 Å². The van der Waals surface area contributed by atoms with Crippen LogP contribution in [0.3, 0.4) is 0 Å². The van der Waals surface area contributed by atoms with Gasteiger partial charge in [-0.1, -0.05) is 6.07 Å². The van der Waals surface area contributed by atoms with Crippen molar-refractivity contribution in [3.63, 3.8) is 0 Å². The van der Waals surface area contributed by atoms with Crippen LogP contribution in [0.25, 0.3) is 0 Å². The molecule has 2 amide bonds. The number of nitrogens with zero attached hydrogens (tertiary/aromatic N) is 4. The molecule has 7 nitrogen and oxygen atoms in total. The summed E-state index contributed by atoms with van der Waals surface area (Å²) in [6, 6.07) is 5.90. The summed E-state index contributed by atoms with van der Waals surface area (Å²) in [4.78, 5) is 37.1. The molecule has 0 unspecified atom stereocenters. The van der Waals surface area contributed by atoms with E-state index in [1.165, 1.54) is 0 Å². The number of hydrogen-bond donors (Lipinski definition) is 0. The topological polar surface area (TPSA) is 66.0 Å². The largest absolute Gasteiger partial charge is 0.381 e. The minimum atomic E-state index is -0.453. The molecule has 4 rings (SSSR count). The fourth-order valence-corrected chi connectivity index (χ4v) is 5.35. The van der Waals surface area contributed by atoms with Gasteiger partial charge in [0.05, 0.1) is 5.41 Å². The van der Waals surface area contributed by atoms with Crippen LogP contribution in [0, 0.1) is 17.3 Å². The van der Waals surface area contributed by atoms with E-state index in [-0.39, 0.29) is 23.7 Å². The minimum absolute atomic E-state index is 0.0640. The van der Waals surface area contributed by atoms with Crippen LogP contribution in [-0.2, 0) is 14.3 Å². The van der Waals surface area contributed by atoms with Gasteiger partial charge in [-0.05, 0) is 37.8 Å². The molecule has 0 saturated carbocycles. The molecule has 0 aliphatic carbocycles. The number of amides is 2. The molecule has 0 aromatic carbocycles. The SMILES string of the molecule is CN(C)C(=O)[C@@]12CCCN(C(=O)C3CCOCC3)C[C@@H]1CN(c1ccccn1)C2. The number of carbonyl (C=O) groups is 2. The number of anilines is 1. The van der Waals surface area contributed by atoms with Crippen molar-refractivity contribution in [1.29, 1.82) is 0 Å². The molecule has 2 atom stereocenters. The number of aromatic nitrogens is 1. The van der Waals surface area contributed by atoms with E-state index in [9.17, 15) is 9.59 Å². The highest BCUT2D eigenvalue weighted by molar-refractivity contribution is 5.85. The maximum atomic E-state index is 13.4. The molecule has 3 fully saturated rings. The lowest BCUT2D eigenvalue weighted by molar-refractivity contribution is -0.143. The van der Waals surface area contributed by atoms with Crippen LogP contribution < -0.4 is 4.90 Å². The van der Waals surface area contributed by atoms with Crippen LogP contribution in [0.1, 0.15) is 25.7 Å². The van der Waals surface area contributed by atoms with Crippen molar-refractivity contribution in [3.8, 4) is 0 Å². The molecule has 0 radical (unpaired) electrons. The molecule has 3 saturated heterocycles. The van der Waals surface area contributed by atoms with E-state index in [2.05, 4.69) is 9.88 Å². The zero-order valence-electron chi connectivity index (χ0n) is 17.5. The molecule has 29 heavy (non-hydrogen) atoms. The quantitative estimate of drug-likeness (QED) is 0.772. The summed E-state index contributed by atoms with van der Waals surface area (Å²) in [5.74, 6) is 1.52. The fraction of sp³-hybridized carbons (Fsp3) is 0.682. The Morgan fingerprint density at radius 1 is 1.21 bits per heavy atom. The monoisotopic (exact) mass is 400 g/mol. The molecule has 4 heterocycles. The van der Waals surface area contributed by atoms with Crippen molar-refractivity contribution in [2.75, 3.05) is 58.4 Å². The number of carbonyl (C=O) groups excluding carboxylic acids is 2. The first-order valence-corrected chi connectivity index (χ1v) is 10.8. The number of rotatable bonds is 3. The third kappa shape index (κ3) is 3.84. The Balaban J connectivity index is 1.58. The minimum Gasteiger partial charge on any atom is -0.381 e. The molecular weight excluding hydrogens is 368 g/mol. The number of ether oxygens (including phenoxy) is 1. The van der Waals surface area contributed by atoms with Gasteiger partial charge in [0.15, 0.2) is 0 Å². The first-order chi connectivity index (χ1) is 14.0. The van der Waals surface area contributed by atoms with Crippen LogP contribution in [0.5, 0.6) is 0 Å². The maximum absolute atomic E-state index is 13.4. The van der Waals surface area contributed by atoms with Crippen LogP contribution in [0.4, 0.5) is 5.82 Å². The second-order valence-corrected chi connectivity index (χ2v) is 8.90. The Labute approximate surface area is 173 Å². The van der Waals surface area contributed by atoms with Crippen molar-refractivity contribution >= 4 is 17.6 Å². The van der Waals surface area contributed by atoms with Crippen molar-refractivity contribution in [1.82, 2.24) is 14.8 Å². The Kier molecular flexibility index (Phi) is 5.76. The third-order valence-electron chi connectivity index (χ3n) is 6.87. The predicted octanol–water partition coefficient (Wildman–Crippen LogP) is 1.64. The highest BCUT2D eigenvalue weighted by atomic mass is 16.5. The van der Waals surface area contributed by atoms with Gasteiger partial charge in [0.1, 0.15) is 5.82 Å². The van der Waals surface area contributed by atoms with E-state index in [0.29, 0.717) is 26.3 Å². The van der Waals surface area contributed by atoms with E-state index in [1.807, 2.05) is 37.2 Å². The highest BCUT2D eigenvalue weighted by Gasteiger charge is 2.54. The summed E-state index contributed by atoms with van der Waals surface area (Å²) in [5.41, 5.74) is -0.453. The van der Waals surface area contributed by atoms with Crippen LogP contribution in [0.15, 0.2) is 24.4 Å². The lowest BCUT2D eigenvalue weighted by Crippen LogP contribution is -2.48. The molecule has 158 valence electrons. The summed E-state index contributed by atoms with van der Waals surface area (Å²) < 4.78 is 5.43. The lowest BCUT2D eigenvalue weighted by Gasteiger charge is -2.35. The summed E-state index contributed by atoms with van der Waals surface area (Å²) >= 11 is 0. The number of hydrogen-bond acceptors (Lipinski definition) is 5. The van der Waals surface area contributed by atoms with Gasteiger partial charge in [-0.25, -0.2) is 4.98 Å².